The van der Waals surface area contributed by atoms with Crippen molar-refractivity contribution in [2.45, 2.75) is 19.9 Å². The Morgan fingerprint density at radius 2 is 2.15 bits per heavy atom. The lowest BCUT2D eigenvalue weighted by Crippen LogP contribution is -2.42. The molecule has 3 N–H and O–H groups in total. The summed E-state index contributed by atoms with van der Waals surface area (Å²) < 4.78 is 9.74. The zero-order chi connectivity index (χ0) is 15.1. The summed E-state index contributed by atoms with van der Waals surface area (Å²) in [6, 6.07) is -1.27. The molecule has 1 rings (SSSR count). The number of aromatic nitrogens is 1. The Morgan fingerprint density at radius 1 is 1.45 bits per heavy atom. The van der Waals surface area contributed by atoms with Crippen molar-refractivity contribution >= 4 is 17.9 Å². The lowest BCUT2D eigenvalue weighted by molar-refractivity contribution is -0.143. The van der Waals surface area contributed by atoms with Crippen molar-refractivity contribution in [1.29, 1.82) is 0 Å². The van der Waals surface area contributed by atoms with Gasteiger partial charge < -0.3 is 19.6 Å². The molecule has 0 aliphatic heterocycles. The molecule has 0 saturated carbocycles. The first-order chi connectivity index (χ1) is 9.38. The molecule has 0 spiro atoms. The average molecular weight is 285 g/mol. The minimum Gasteiger partial charge on any atom is -0.480 e. The number of aliphatic carboxylic acids is 1. The second kappa shape index (κ2) is 7.24. The van der Waals surface area contributed by atoms with Gasteiger partial charge >= 0.3 is 12.0 Å². The van der Waals surface area contributed by atoms with Crippen LogP contribution in [-0.2, 0) is 14.3 Å². The van der Waals surface area contributed by atoms with Crippen molar-refractivity contribution in [2.75, 3.05) is 13.2 Å². The molecule has 1 aromatic rings. The molecule has 0 fully saturated rings. The second-order valence-corrected chi connectivity index (χ2v) is 3.94. The summed E-state index contributed by atoms with van der Waals surface area (Å²) in [5.41, 5.74) is 0. The zero-order valence-electron chi connectivity index (χ0n) is 11.0. The van der Waals surface area contributed by atoms with Gasteiger partial charge in [-0.2, -0.15) is 0 Å². The number of amides is 3. The van der Waals surface area contributed by atoms with Crippen molar-refractivity contribution in [2.24, 2.45) is 0 Å². The number of rotatable bonds is 6. The second-order valence-electron chi connectivity index (χ2n) is 3.94. The highest BCUT2D eigenvalue weighted by Crippen LogP contribution is 2.11. The van der Waals surface area contributed by atoms with Gasteiger partial charge in [0.2, 0.25) is 5.89 Å². The normalized spacial score (nSPS) is 11.7. The van der Waals surface area contributed by atoms with Crippen LogP contribution in [-0.4, -0.2) is 41.2 Å². The quantitative estimate of drug-likeness (QED) is 0.668. The summed E-state index contributed by atoms with van der Waals surface area (Å²) in [7, 11) is 0. The lowest BCUT2D eigenvalue weighted by Gasteiger charge is -2.10. The molecular weight excluding hydrogens is 270 g/mol. The Kier molecular flexibility index (Phi) is 5.66. The number of aryl methyl sites for hydroxylation is 1. The highest BCUT2D eigenvalue weighted by molar-refractivity contribution is 5.95. The first-order valence-electron chi connectivity index (χ1n) is 5.70. The standard InChI is InChI=1S/C11H15N3O6/c1-6-3-12-10(20-6)7(2)13-11(18)14-8(15)4-19-5-9(16)17/h3,7H,4-5H2,1-2H3,(H,16,17)(H2,13,14,15,18). The lowest BCUT2D eigenvalue weighted by atomic mass is 10.3. The fourth-order valence-electron chi connectivity index (χ4n) is 1.26. The van der Waals surface area contributed by atoms with E-state index >= 15 is 0 Å². The van der Waals surface area contributed by atoms with Gasteiger partial charge in [0.25, 0.3) is 5.91 Å². The molecular formula is C11H15N3O6. The van der Waals surface area contributed by atoms with Gasteiger partial charge in [-0.3, -0.25) is 10.1 Å². The fraction of sp³-hybridized carbons (Fsp3) is 0.455. The largest absolute Gasteiger partial charge is 0.480 e. The maximum Gasteiger partial charge on any atom is 0.329 e. The SMILES string of the molecule is Cc1cnc(C(C)NC(=O)NC(=O)COCC(=O)O)o1. The van der Waals surface area contributed by atoms with Gasteiger partial charge in [-0.15, -0.1) is 0 Å². The molecule has 9 nitrogen and oxygen atoms in total. The Bertz CT molecular complexity index is 498. The highest BCUT2D eigenvalue weighted by atomic mass is 16.5. The number of nitrogens with one attached hydrogen (secondary N) is 2. The molecule has 1 aromatic heterocycles. The van der Waals surface area contributed by atoms with E-state index < -0.39 is 37.2 Å². The van der Waals surface area contributed by atoms with Crippen LogP contribution in [0.4, 0.5) is 4.79 Å². The molecule has 0 bridgehead atoms. The highest BCUT2D eigenvalue weighted by Gasteiger charge is 2.16. The smallest absolute Gasteiger partial charge is 0.329 e. The van der Waals surface area contributed by atoms with E-state index in [-0.39, 0.29) is 0 Å². The van der Waals surface area contributed by atoms with E-state index in [1.807, 2.05) is 5.32 Å². The van der Waals surface area contributed by atoms with Gasteiger partial charge in [0.1, 0.15) is 25.0 Å². The molecule has 1 atom stereocenters. The molecule has 0 aliphatic rings. The van der Waals surface area contributed by atoms with Crippen LogP contribution in [0.15, 0.2) is 10.6 Å². The summed E-state index contributed by atoms with van der Waals surface area (Å²) in [6.45, 7) is 2.22. The minimum atomic E-state index is -1.20. The van der Waals surface area contributed by atoms with E-state index in [1.165, 1.54) is 6.20 Å². The molecule has 0 aromatic carbocycles. The average Bonchev–Trinajstić information content (AvgIpc) is 2.75. The van der Waals surface area contributed by atoms with Crippen LogP contribution in [0.2, 0.25) is 0 Å². The molecule has 0 saturated heterocycles. The molecule has 1 unspecified atom stereocenters. The molecule has 20 heavy (non-hydrogen) atoms. The predicted octanol–water partition coefficient (Wildman–Crippen LogP) is -0.0290. The van der Waals surface area contributed by atoms with E-state index in [1.54, 1.807) is 13.8 Å². The summed E-state index contributed by atoms with van der Waals surface area (Å²) in [5.74, 6) is -1.03. The summed E-state index contributed by atoms with van der Waals surface area (Å²) >= 11 is 0. The summed E-state index contributed by atoms with van der Waals surface area (Å²) in [5, 5.41) is 12.7. The summed E-state index contributed by atoms with van der Waals surface area (Å²) in [6.07, 6.45) is 1.51. The van der Waals surface area contributed by atoms with Crippen LogP contribution < -0.4 is 10.6 Å². The molecule has 110 valence electrons. The van der Waals surface area contributed by atoms with Gasteiger partial charge in [0.15, 0.2) is 0 Å². The molecule has 9 heteroatoms. The van der Waals surface area contributed by atoms with Crippen molar-refractivity contribution in [3.63, 3.8) is 0 Å². The number of hydrogen-bond donors (Lipinski definition) is 3. The van der Waals surface area contributed by atoms with Gasteiger partial charge in [0.05, 0.1) is 6.20 Å². The fourth-order valence-corrected chi connectivity index (χ4v) is 1.26. The predicted molar refractivity (Wildman–Crippen MR) is 64.8 cm³/mol. The molecule has 0 aliphatic carbocycles. The van der Waals surface area contributed by atoms with Crippen molar-refractivity contribution in [3.8, 4) is 0 Å². The number of carboxylic acid groups (broad SMARTS) is 1. The molecule has 0 radical (unpaired) electrons. The maximum absolute atomic E-state index is 11.5. The number of urea groups is 1. The number of nitrogens with zero attached hydrogens (tertiary/aromatic N) is 1. The third-order valence-electron chi connectivity index (χ3n) is 2.07. The van der Waals surface area contributed by atoms with Gasteiger partial charge in [-0.1, -0.05) is 0 Å². The number of carboxylic acids is 1. The van der Waals surface area contributed by atoms with Crippen molar-refractivity contribution in [1.82, 2.24) is 15.6 Å². The number of carbonyl (C=O) groups excluding carboxylic acids is 2. The Labute approximate surface area is 114 Å². The van der Waals surface area contributed by atoms with E-state index in [9.17, 15) is 14.4 Å². The monoisotopic (exact) mass is 285 g/mol. The Hall–Kier alpha value is -2.42. The summed E-state index contributed by atoms with van der Waals surface area (Å²) in [4.78, 5) is 36.8. The van der Waals surface area contributed by atoms with Crippen LogP contribution >= 0.6 is 0 Å². The van der Waals surface area contributed by atoms with E-state index in [0.29, 0.717) is 11.7 Å². The van der Waals surface area contributed by atoms with Gasteiger partial charge in [-0.25, -0.2) is 14.6 Å². The first kappa shape index (κ1) is 15.6. The van der Waals surface area contributed by atoms with Crippen LogP contribution in [0, 0.1) is 6.92 Å². The Morgan fingerprint density at radius 3 is 2.70 bits per heavy atom. The maximum atomic E-state index is 11.5. The van der Waals surface area contributed by atoms with E-state index in [2.05, 4.69) is 15.0 Å². The van der Waals surface area contributed by atoms with Gasteiger partial charge in [0, 0.05) is 0 Å². The minimum absolute atomic E-state index is 0.312. The third kappa shape index (κ3) is 5.48. The van der Waals surface area contributed by atoms with Gasteiger partial charge in [-0.05, 0) is 13.8 Å². The zero-order valence-corrected chi connectivity index (χ0v) is 11.0. The molecule has 3 amide bonds. The van der Waals surface area contributed by atoms with Crippen LogP contribution in [0.1, 0.15) is 24.6 Å². The third-order valence-corrected chi connectivity index (χ3v) is 2.07. The number of oxazole rings is 1. The first-order valence-corrected chi connectivity index (χ1v) is 5.70. The van der Waals surface area contributed by atoms with E-state index in [0.717, 1.165) is 0 Å². The van der Waals surface area contributed by atoms with Crippen LogP contribution in [0.5, 0.6) is 0 Å². The van der Waals surface area contributed by atoms with E-state index in [4.69, 9.17) is 9.52 Å². The topological polar surface area (TPSA) is 131 Å². The number of ether oxygens (including phenoxy) is 1. The van der Waals surface area contributed by atoms with Crippen LogP contribution in [0.3, 0.4) is 0 Å². The van der Waals surface area contributed by atoms with Crippen molar-refractivity contribution < 1.29 is 28.6 Å². The molecule has 1 heterocycles. The number of hydrogen-bond acceptors (Lipinski definition) is 6. The van der Waals surface area contributed by atoms with Crippen molar-refractivity contribution in [3.05, 3.63) is 17.8 Å². The van der Waals surface area contributed by atoms with Crippen LogP contribution in [0.25, 0.3) is 0 Å². The number of carbonyl (C=O) groups is 3. The Balaban J connectivity index is 2.32. The number of imide groups is 1.